The number of thioether (sulfide) groups is 1. The molecule has 1 aliphatic rings. The predicted octanol–water partition coefficient (Wildman–Crippen LogP) is 2.85. The Labute approximate surface area is 115 Å². The first-order valence-electron chi connectivity index (χ1n) is 7.02. The molecule has 18 heavy (non-hydrogen) atoms. The van der Waals surface area contributed by atoms with E-state index in [1.54, 1.807) is 0 Å². The number of benzene rings is 1. The second-order valence-corrected chi connectivity index (χ2v) is 6.04. The summed E-state index contributed by atoms with van der Waals surface area (Å²) < 4.78 is 0. The first-order chi connectivity index (χ1) is 8.88. The van der Waals surface area contributed by atoms with Crippen LogP contribution in [0.2, 0.25) is 0 Å². The molecule has 1 heterocycles. The zero-order valence-electron chi connectivity index (χ0n) is 11.3. The number of rotatable bonds is 5. The van der Waals surface area contributed by atoms with Crippen LogP contribution in [0.25, 0.3) is 0 Å². The lowest BCUT2D eigenvalue weighted by molar-refractivity contribution is 0.281. The summed E-state index contributed by atoms with van der Waals surface area (Å²) in [6.45, 7) is 7.13. The summed E-state index contributed by atoms with van der Waals surface area (Å²) in [4.78, 5) is 4.00. The van der Waals surface area contributed by atoms with Gasteiger partial charge in [-0.3, -0.25) is 0 Å². The fourth-order valence-electron chi connectivity index (χ4n) is 2.36. The van der Waals surface area contributed by atoms with Crippen molar-refractivity contribution >= 4 is 11.8 Å². The van der Waals surface area contributed by atoms with Crippen LogP contribution in [-0.4, -0.2) is 42.9 Å². The molecule has 2 rings (SSSR count). The van der Waals surface area contributed by atoms with E-state index >= 15 is 0 Å². The van der Waals surface area contributed by atoms with Crippen molar-refractivity contribution in [3.05, 3.63) is 30.3 Å². The van der Waals surface area contributed by atoms with E-state index < -0.39 is 0 Å². The SMILES string of the molecule is CCC1CN(CCSc2ccccc2)CCCN1. The molecule has 1 aromatic rings. The zero-order valence-corrected chi connectivity index (χ0v) is 12.1. The predicted molar refractivity (Wildman–Crippen MR) is 80.3 cm³/mol. The summed E-state index contributed by atoms with van der Waals surface area (Å²) in [6.07, 6.45) is 2.52. The molecule has 2 nitrogen and oxygen atoms in total. The van der Waals surface area contributed by atoms with Gasteiger partial charge in [-0.25, -0.2) is 0 Å². The summed E-state index contributed by atoms with van der Waals surface area (Å²) >= 11 is 1.97. The maximum absolute atomic E-state index is 3.62. The van der Waals surface area contributed by atoms with Crippen molar-refractivity contribution in [1.29, 1.82) is 0 Å². The topological polar surface area (TPSA) is 15.3 Å². The van der Waals surface area contributed by atoms with Gasteiger partial charge in [0.2, 0.25) is 0 Å². The van der Waals surface area contributed by atoms with E-state index in [0.29, 0.717) is 6.04 Å². The van der Waals surface area contributed by atoms with E-state index in [1.807, 2.05) is 11.8 Å². The van der Waals surface area contributed by atoms with Crippen molar-refractivity contribution in [2.24, 2.45) is 0 Å². The van der Waals surface area contributed by atoms with Crippen LogP contribution in [0.1, 0.15) is 19.8 Å². The van der Waals surface area contributed by atoms with Gasteiger partial charge in [0.15, 0.2) is 0 Å². The minimum Gasteiger partial charge on any atom is -0.313 e. The summed E-state index contributed by atoms with van der Waals surface area (Å²) in [5.74, 6) is 1.19. The number of nitrogens with one attached hydrogen (secondary N) is 1. The molecule has 0 aromatic heterocycles. The van der Waals surface area contributed by atoms with Gasteiger partial charge in [-0.05, 0) is 38.1 Å². The van der Waals surface area contributed by atoms with E-state index in [-0.39, 0.29) is 0 Å². The standard InChI is InChI=1S/C15H24N2S/c1-2-14-13-17(10-6-9-16-14)11-12-18-15-7-4-3-5-8-15/h3-5,7-8,14,16H,2,6,9-13H2,1H3. The van der Waals surface area contributed by atoms with Crippen LogP contribution >= 0.6 is 11.8 Å². The van der Waals surface area contributed by atoms with E-state index in [0.717, 1.165) is 0 Å². The van der Waals surface area contributed by atoms with Crippen molar-refractivity contribution in [1.82, 2.24) is 10.2 Å². The third-order valence-electron chi connectivity index (χ3n) is 3.47. The van der Waals surface area contributed by atoms with Gasteiger partial charge in [0.25, 0.3) is 0 Å². The summed E-state index contributed by atoms with van der Waals surface area (Å²) in [7, 11) is 0. The van der Waals surface area contributed by atoms with E-state index in [1.165, 1.54) is 49.7 Å². The minimum absolute atomic E-state index is 0.689. The highest BCUT2D eigenvalue weighted by atomic mass is 32.2. The third-order valence-corrected chi connectivity index (χ3v) is 4.47. The van der Waals surface area contributed by atoms with Gasteiger partial charge in [-0.2, -0.15) is 0 Å². The molecule has 1 atom stereocenters. The van der Waals surface area contributed by atoms with Gasteiger partial charge in [-0.15, -0.1) is 11.8 Å². The Balaban J connectivity index is 1.72. The third kappa shape index (κ3) is 4.63. The highest BCUT2D eigenvalue weighted by molar-refractivity contribution is 7.99. The molecule has 3 heteroatoms. The van der Waals surface area contributed by atoms with Crippen LogP contribution in [-0.2, 0) is 0 Å². The van der Waals surface area contributed by atoms with Gasteiger partial charge in [0.05, 0.1) is 0 Å². The van der Waals surface area contributed by atoms with Gasteiger partial charge in [0, 0.05) is 29.8 Å². The molecule has 0 spiro atoms. The normalized spacial score (nSPS) is 21.7. The van der Waals surface area contributed by atoms with E-state index in [4.69, 9.17) is 0 Å². The largest absolute Gasteiger partial charge is 0.313 e. The Morgan fingerprint density at radius 1 is 1.33 bits per heavy atom. The Bertz CT molecular complexity index is 329. The van der Waals surface area contributed by atoms with Crippen LogP contribution in [0, 0.1) is 0 Å². The fourth-order valence-corrected chi connectivity index (χ4v) is 3.30. The van der Waals surface area contributed by atoms with Crippen molar-refractivity contribution in [3.63, 3.8) is 0 Å². The molecule has 0 aliphatic carbocycles. The van der Waals surface area contributed by atoms with Crippen molar-refractivity contribution in [2.45, 2.75) is 30.7 Å². The highest BCUT2D eigenvalue weighted by Gasteiger charge is 2.15. The second kappa shape index (κ2) is 7.82. The molecule has 100 valence electrons. The molecule has 1 aliphatic heterocycles. The smallest absolute Gasteiger partial charge is 0.0192 e. The molecular weight excluding hydrogens is 240 g/mol. The van der Waals surface area contributed by atoms with Crippen LogP contribution in [0.4, 0.5) is 0 Å². The van der Waals surface area contributed by atoms with Crippen molar-refractivity contribution in [2.75, 3.05) is 31.9 Å². The van der Waals surface area contributed by atoms with E-state index in [9.17, 15) is 0 Å². The average molecular weight is 264 g/mol. The second-order valence-electron chi connectivity index (χ2n) is 4.87. The molecule has 1 N–H and O–H groups in total. The monoisotopic (exact) mass is 264 g/mol. The lowest BCUT2D eigenvalue weighted by Gasteiger charge is -2.23. The number of hydrogen-bond acceptors (Lipinski definition) is 3. The quantitative estimate of drug-likeness (QED) is 0.823. The lowest BCUT2D eigenvalue weighted by atomic mass is 10.2. The minimum atomic E-state index is 0.689. The van der Waals surface area contributed by atoms with Crippen LogP contribution in [0.15, 0.2) is 35.2 Å². The van der Waals surface area contributed by atoms with Gasteiger partial charge in [-0.1, -0.05) is 25.1 Å². The first kappa shape index (κ1) is 13.9. The molecule has 1 fully saturated rings. The van der Waals surface area contributed by atoms with E-state index in [2.05, 4.69) is 47.5 Å². The Morgan fingerprint density at radius 2 is 2.17 bits per heavy atom. The number of hydrogen-bond donors (Lipinski definition) is 1. The van der Waals surface area contributed by atoms with Crippen LogP contribution in [0.5, 0.6) is 0 Å². The summed E-state index contributed by atoms with van der Waals surface area (Å²) in [6, 6.07) is 11.4. The van der Waals surface area contributed by atoms with Crippen molar-refractivity contribution < 1.29 is 0 Å². The number of nitrogens with zero attached hydrogens (tertiary/aromatic N) is 1. The highest BCUT2D eigenvalue weighted by Crippen LogP contribution is 2.17. The van der Waals surface area contributed by atoms with Gasteiger partial charge >= 0.3 is 0 Å². The maximum atomic E-state index is 3.62. The Morgan fingerprint density at radius 3 is 2.94 bits per heavy atom. The maximum Gasteiger partial charge on any atom is 0.0192 e. The zero-order chi connectivity index (χ0) is 12.6. The summed E-state index contributed by atoms with van der Waals surface area (Å²) in [5, 5.41) is 3.62. The lowest BCUT2D eigenvalue weighted by Crippen LogP contribution is -2.38. The molecule has 0 bridgehead atoms. The molecular formula is C15H24N2S. The van der Waals surface area contributed by atoms with Crippen molar-refractivity contribution in [3.8, 4) is 0 Å². The Kier molecular flexibility index (Phi) is 6.05. The Hall–Kier alpha value is -0.510. The molecule has 0 radical (unpaired) electrons. The molecule has 1 aromatic carbocycles. The molecule has 0 amide bonds. The fraction of sp³-hybridized carbons (Fsp3) is 0.600. The van der Waals surface area contributed by atoms with Crippen LogP contribution < -0.4 is 5.32 Å². The van der Waals surface area contributed by atoms with Crippen LogP contribution in [0.3, 0.4) is 0 Å². The first-order valence-corrected chi connectivity index (χ1v) is 8.00. The summed E-state index contributed by atoms with van der Waals surface area (Å²) in [5.41, 5.74) is 0. The van der Waals surface area contributed by atoms with Gasteiger partial charge < -0.3 is 10.2 Å². The molecule has 1 unspecified atom stereocenters. The molecule has 0 saturated carbocycles. The average Bonchev–Trinajstić information content (AvgIpc) is 2.65. The van der Waals surface area contributed by atoms with Gasteiger partial charge in [0.1, 0.15) is 0 Å². The molecule has 1 saturated heterocycles.